The SMILES string of the molecule is Cc1cc(CN2CC[C@H](Cc3ccccc3C)[C@H](O)C2)no1. The van der Waals surface area contributed by atoms with Crippen LogP contribution < -0.4 is 0 Å². The number of aliphatic hydroxyl groups is 1. The molecule has 0 unspecified atom stereocenters. The first kappa shape index (κ1) is 15.3. The first-order chi connectivity index (χ1) is 10.6. The quantitative estimate of drug-likeness (QED) is 0.943. The van der Waals surface area contributed by atoms with Crippen molar-refractivity contribution in [1.29, 1.82) is 0 Å². The van der Waals surface area contributed by atoms with Gasteiger partial charge in [-0.3, -0.25) is 4.90 Å². The Hall–Kier alpha value is -1.65. The summed E-state index contributed by atoms with van der Waals surface area (Å²) in [6.45, 7) is 6.51. The van der Waals surface area contributed by atoms with E-state index in [9.17, 15) is 5.11 Å². The Morgan fingerprint density at radius 1 is 1.32 bits per heavy atom. The van der Waals surface area contributed by atoms with Gasteiger partial charge in [0.05, 0.1) is 11.8 Å². The standard InChI is InChI=1S/C18H24N2O2/c1-13-5-3-4-6-15(13)10-16-7-8-20(12-18(16)21)11-17-9-14(2)22-19-17/h3-6,9,16,18,21H,7-8,10-12H2,1-2H3/t16-,18-/m1/s1. The maximum Gasteiger partial charge on any atom is 0.133 e. The van der Waals surface area contributed by atoms with Gasteiger partial charge in [0.1, 0.15) is 5.76 Å². The summed E-state index contributed by atoms with van der Waals surface area (Å²) in [5.41, 5.74) is 3.62. The van der Waals surface area contributed by atoms with Crippen LogP contribution >= 0.6 is 0 Å². The van der Waals surface area contributed by atoms with Crippen molar-refractivity contribution in [3.05, 3.63) is 52.9 Å². The van der Waals surface area contributed by atoms with Gasteiger partial charge >= 0.3 is 0 Å². The molecule has 1 aromatic carbocycles. The highest BCUT2D eigenvalue weighted by molar-refractivity contribution is 5.26. The molecule has 22 heavy (non-hydrogen) atoms. The molecule has 2 heterocycles. The number of β-amino-alcohol motifs (C(OH)–C–C–N with tert-alkyl or cyclic N) is 1. The van der Waals surface area contributed by atoms with E-state index in [4.69, 9.17) is 4.52 Å². The second-order valence-electron chi connectivity index (χ2n) is 6.41. The lowest BCUT2D eigenvalue weighted by atomic mass is 9.86. The maximum absolute atomic E-state index is 10.5. The van der Waals surface area contributed by atoms with Gasteiger partial charge in [-0.05, 0) is 50.3 Å². The second-order valence-corrected chi connectivity index (χ2v) is 6.41. The van der Waals surface area contributed by atoms with Gasteiger partial charge in [0.25, 0.3) is 0 Å². The largest absolute Gasteiger partial charge is 0.391 e. The zero-order valence-corrected chi connectivity index (χ0v) is 13.3. The van der Waals surface area contributed by atoms with Crippen LogP contribution in [0.25, 0.3) is 0 Å². The van der Waals surface area contributed by atoms with Crippen molar-refractivity contribution in [3.8, 4) is 0 Å². The third kappa shape index (κ3) is 3.57. The summed E-state index contributed by atoms with van der Waals surface area (Å²) in [7, 11) is 0. The van der Waals surface area contributed by atoms with Crippen LogP contribution in [-0.2, 0) is 13.0 Å². The lowest BCUT2D eigenvalue weighted by Crippen LogP contribution is -2.44. The predicted molar refractivity (Wildman–Crippen MR) is 85.5 cm³/mol. The Balaban J connectivity index is 1.57. The van der Waals surface area contributed by atoms with Crippen molar-refractivity contribution in [1.82, 2.24) is 10.1 Å². The summed E-state index contributed by atoms with van der Waals surface area (Å²) >= 11 is 0. The van der Waals surface area contributed by atoms with E-state index < -0.39 is 0 Å². The van der Waals surface area contributed by atoms with Gasteiger partial charge < -0.3 is 9.63 Å². The first-order valence-electron chi connectivity index (χ1n) is 7.99. The lowest BCUT2D eigenvalue weighted by molar-refractivity contribution is 0.0179. The highest BCUT2D eigenvalue weighted by Gasteiger charge is 2.28. The van der Waals surface area contributed by atoms with Gasteiger partial charge in [0.2, 0.25) is 0 Å². The maximum atomic E-state index is 10.5. The third-order valence-corrected chi connectivity index (χ3v) is 4.61. The summed E-state index contributed by atoms with van der Waals surface area (Å²) in [5.74, 6) is 1.18. The molecule has 0 bridgehead atoms. The molecule has 2 aromatic rings. The Morgan fingerprint density at radius 2 is 2.14 bits per heavy atom. The highest BCUT2D eigenvalue weighted by atomic mass is 16.5. The van der Waals surface area contributed by atoms with E-state index in [0.717, 1.165) is 37.4 Å². The van der Waals surface area contributed by atoms with E-state index >= 15 is 0 Å². The molecule has 4 nitrogen and oxygen atoms in total. The molecule has 0 saturated carbocycles. The molecule has 0 aliphatic carbocycles. The second kappa shape index (κ2) is 6.63. The number of hydrogen-bond donors (Lipinski definition) is 1. The summed E-state index contributed by atoms with van der Waals surface area (Å²) in [4.78, 5) is 2.26. The van der Waals surface area contributed by atoms with E-state index in [-0.39, 0.29) is 6.10 Å². The lowest BCUT2D eigenvalue weighted by Gasteiger charge is -2.35. The number of aliphatic hydroxyl groups excluding tert-OH is 1. The number of benzene rings is 1. The van der Waals surface area contributed by atoms with Gasteiger partial charge in [-0.15, -0.1) is 0 Å². The first-order valence-corrected chi connectivity index (χ1v) is 7.99. The average Bonchev–Trinajstić information content (AvgIpc) is 2.89. The van der Waals surface area contributed by atoms with Crippen LogP contribution in [0.15, 0.2) is 34.9 Å². The van der Waals surface area contributed by atoms with Crippen molar-refractivity contribution in [2.45, 2.75) is 39.3 Å². The topological polar surface area (TPSA) is 49.5 Å². The average molecular weight is 300 g/mol. The molecule has 1 aliphatic heterocycles. The van der Waals surface area contributed by atoms with Crippen molar-refractivity contribution in [3.63, 3.8) is 0 Å². The van der Waals surface area contributed by atoms with Crippen LogP contribution in [0.1, 0.15) is 29.0 Å². The highest BCUT2D eigenvalue weighted by Crippen LogP contribution is 2.24. The number of likely N-dealkylation sites (tertiary alicyclic amines) is 1. The molecule has 1 aliphatic rings. The van der Waals surface area contributed by atoms with Crippen LogP contribution in [0.2, 0.25) is 0 Å². The van der Waals surface area contributed by atoms with E-state index in [1.165, 1.54) is 11.1 Å². The molecule has 3 rings (SSSR count). The molecule has 1 fully saturated rings. The van der Waals surface area contributed by atoms with E-state index in [2.05, 4.69) is 41.2 Å². The summed E-state index contributed by atoms with van der Waals surface area (Å²) in [6, 6.07) is 10.4. The molecule has 4 heteroatoms. The molecule has 1 aromatic heterocycles. The fourth-order valence-electron chi connectivity index (χ4n) is 3.27. The van der Waals surface area contributed by atoms with Crippen molar-refractivity contribution in [2.75, 3.05) is 13.1 Å². The Labute approximate surface area is 131 Å². The van der Waals surface area contributed by atoms with Gasteiger partial charge in [-0.2, -0.15) is 0 Å². The summed E-state index contributed by atoms with van der Waals surface area (Å²) in [5, 5.41) is 14.5. The van der Waals surface area contributed by atoms with E-state index in [1.54, 1.807) is 0 Å². The minimum absolute atomic E-state index is 0.277. The Kier molecular flexibility index (Phi) is 4.60. The van der Waals surface area contributed by atoms with Crippen LogP contribution in [0.4, 0.5) is 0 Å². The zero-order valence-electron chi connectivity index (χ0n) is 13.3. The number of aromatic nitrogens is 1. The van der Waals surface area contributed by atoms with Crippen LogP contribution in [-0.4, -0.2) is 34.4 Å². The molecule has 1 N–H and O–H groups in total. The van der Waals surface area contributed by atoms with E-state index in [0.29, 0.717) is 12.5 Å². The van der Waals surface area contributed by atoms with Crippen molar-refractivity contribution in [2.24, 2.45) is 5.92 Å². The van der Waals surface area contributed by atoms with Crippen LogP contribution in [0.5, 0.6) is 0 Å². The predicted octanol–water partition coefficient (Wildman–Crippen LogP) is 2.72. The molecule has 2 atom stereocenters. The Morgan fingerprint density at radius 3 is 2.82 bits per heavy atom. The van der Waals surface area contributed by atoms with Crippen LogP contribution in [0.3, 0.4) is 0 Å². The summed E-state index contributed by atoms with van der Waals surface area (Å²) in [6.07, 6.45) is 1.71. The minimum atomic E-state index is -0.277. The third-order valence-electron chi connectivity index (χ3n) is 4.61. The monoisotopic (exact) mass is 300 g/mol. The number of piperidine rings is 1. The number of nitrogens with zero attached hydrogens (tertiary/aromatic N) is 2. The normalized spacial score (nSPS) is 22.9. The molecule has 0 radical (unpaired) electrons. The molecule has 1 saturated heterocycles. The molecule has 118 valence electrons. The number of aryl methyl sites for hydroxylation is 2. The smallest absolute Gasteiger partial charge is 0.133 e. The number of hydrogen-bond acceptors (Lipinski definition) is 4. The minimum Gasteiger partial charge on any atom is -0.391 e. The fourth-order valence-corrected chi connectivity index (χ4v) is 3.27. The van der Waals surface area contributed by atoms with Gasteiger partial charge in [0, 0.05) is 19.2 Å². The van der Waals surface area contributed by atoms with E-state index in [1.807, 2.05) is 13.0 Å². The van der Waals surface area contributed by atoms with Crippen molar-refractivity contribution >= 4 is 0 Å². The molecule has 0 amide bonds. The molecule has 0 spiro atoms. The van der Waals surface area contributed by atoms with Crippen molar-refractivity contribution < 1.29 is 9.63 Å². The van der Waals surface area contributed by atoms with Gasteiger partial charge in [-0.25, -0.2) is 0 Å². The molecular formula is C18H24N2O2. The van der Waals surface area contributed by atoms with Crippen LogP contribution in [0, 0.1) is 19.8 Å². The summed E-state index contributed by atoms with van der Waals surface area (Å²) < 4.78 is 5.11. The number of rotatable bonds is 4. The Bertz CT molecular complexity index is 623. The zero-order chi connectivity index (χ0) is 15.5. The van der Waals surface area contributed by atoms with Gasteiger partial charge in [0.15, 0.2) is 0 Å². The van der Waals surface area contributed by atoms with Gasteiger partial charge in [-0.1, -0.05) is 29.4 Å². The fraction of sp³-hybridized carbons (Fsp3) is 0.500. The molecular weight excluding hydrogens is 276 g/mol.